The van der Waals surface area contributed by atoms with Gasteiger partial charge < -0.3 is 15.2 Å². The van der Waals surface area contributed by atoms with Crippen molar-refractivity contribution in [3.8, 4) is 0 Å². The van der Waals surface area contributed by atoms with E-state index in [0.717, 1.165) is 36.6 Å². The largest absolute Gasteiger partial charge is 0.349 e. The molecule has 2 N–H and O–H groups in total. The first kappa shape index (κ1) is 26.2. The fraction of sp³-hybridized carbons (Fsp3) is 0.679. The van der Waals surface area contributed by atoms with E-state index < -0.39 is 17.7 Å². The van der Waals surface area contributed by atoms with Crippen LogP contribution in [0.15, 0.2) is 30.3 Å². The smallest absolute Gasteiger partial charge is 0.262 e. The Balaban J connectivity index is 1.27. The summed E-state index contributed by atoms with van der Waals surface area (Å²) < 4.78 is 31.4. The second kappa shape index (κ2) is 10.8. The van der Waals surface area contributed by atoms with Crippen LogP contribution in [0.25, 0.3) is 0 Å². The molecule has 3 saturated heterocycles. The number of aryl methyl sites for hydroxylation is 1. The summed E-state index contributed by atoms with van der Waals surface area (Å²) in [4.78, 5) is 15.6. The van der Waals surface area contributed by atoms with E-state index in [4.69, 9.17) is 0 Å². The van der Waals surface area contributed by atoms with Crippen LogP contribution in [0.1, 0.15) is 87.6 Å². The molecule has 1 aromatic heterocycles. The van der Waals surface area contributed by atoms with Crippen LogP contribution in [-0.4, -0.2) is 63.2 Å². The summed E-state index contributed by atoms with van der Waals surface area (Å²) in [6.45, 7) is 7.47. The maximum Gasteiger partial charge on any atom is 0.262 e. The maximum atomic E-state index is 14.5. The number of hydrogen-bond donors (Lipinski definition) is 2. The van der Waals surface area contributed by atoms with Gasteiger partial charge in [-0.15, -0.1) is 10.2 Å². The van der Waals surface area contributed by atoms with Gasteiger partial charge in [-0.25, -0.2) is 8.78 Å². The van der Waals surface area contributed by atoms with E-state index in [0.29, 0.717) is 30.5 Å². The first-order valence-corrected chi connectivity index (χ1v) is 13.9. The van der Waals surface area contributed by atoms with Gasteiger partial charge in [0.25, 0.3) is 5.92 Å². The van der Waals surface area contributed by atoms with Crippen LogP contribution in [0.3, 0.4) is 0 Å². The number of amides is 1. The zero-order valence-corrected chi connectivity index (χ0v) is 22.2. The number of piperidine rings is 2. The number of hydrogen-bond acceptors (Lipinski definition) is 5. The molecule has 2 bridgehead atoms. The van der Waals surface area contributed by atoms with Crippen LogP contribution in [0.4, 0.5) is 8.78 Å². The first-order valence-electron chi connectivity index (χ1n) is 13.9. The zero-order valence-electron chi connectivity index (χ0n) is 22.2. The lowest BCUT2D eigenvalue weighted by Crippen LogP contribution is -2.52. The van der Waals surface area contributed by atoms with Gasteiger partial charge in [0.2, 0.25) is 5.91 Å². The average Bonchev–Trinajstić information content (AvgIpc) is 3.37. The van der Waals surface area contributed by atoms with Crippen molar-refractivity contribution in [1.82, 2.24) is 30.3 Å². The Morgan fingerprint density at radius 1 is 1.14 bits per heavy atom. The molecule has 3 aliphatic rings. The van der Waals surface area contributed by atoms with Crippen molar-refractivity contribution in [1.29, 1.82) is 0 Å². The highest BCUT2D eigenvalue weighted by molar-refractivity contribution is 5.80. The SMILES string of the molecule is Cc1nnc(C(C)C)n1C1C[C@H]2CC[C@@H](C1)N2CC[C@H](NC(=O)C1CNCCC1(F)F)c1ccccc1. The van der Waals surface area contributed by atoms with Crippen molar-refractivity contribution < 1.29 is 13.6 Å². The molecular weight excluding hydrogens is 474 g/mol. The van der Waals surface area contributed by atoms with E-state index in [1.54, 1.807) is 0 Å². The third-order valence-corrected chi connectivity index (χ3v) is 8.64. The lowest BCUT2D eigenvalue weighted by molar-refractivity contribution is -0.144. The van der Waals surface area contributed by atoms with E-state index in [9.17, 15) is 13.6 Å². The Morgan fingerprint density at radius 2 is 1.84 bits per heavy atom. The molecule has 9 heteroatoms. The summed E-state index contributed by atoms with van der Waals surface area (Å²) >= 11 is 0. The molecule has 4 heterocycles. The molecule has 3 aliphatic heterocycles. The summed E-state index contributed by atoms with van der Waals surface area (Å²) in [6.07, 6.45) is 4.87. The molecule has 0 saturated carbocycles. The Hall–Kier alpha value is -2.39. The van der Waals surface area contributed by atoms with Gasteiger partial charge in [0.15, 0.2) is 0 Å². The van der Waals surface area contributed by atoms with Crippen molar-refractivity contribution in [3.05, 3.63) is 47.5 Å². The van der Waals surface area contributed by atoms with Gasteiger partial charge in [-0.1, -0.05) is 44.2 Å². The average molecular weight is 515 g/mol. The zero-order chi connectivity index (χ0) is 26.2. The molecule has 37 heavy (non-hydrogen) atoms. The molecule has 0 spiro atoms. The molecule has 5 rings (SSSR count). The highest BCUT2D eigenvalue weighted by Crippen LogP contribution is 2.42. The van der Waals surface area contributed by atoms with Gasteiger partial charge in [-0.3, -0.25) is 9.69 Å². The number of alkyl halides is 2. The summed E-state index contributed by atoms with van der Waals surface area (Å²) in [5.74, 6) is -2.48. The molecule has 5 atom stereocenters. The molecule has 0 aliphatic carbocycles. The van der Waals surface area contributed by atoms with Gasteiger partial charge in [0, 0.05) is 50.1 Å². The van der Waals surface area contributed by atoms with Crippen LogP contribution >= 0.6 is 0 Å². The standard InChI is InChI=1S/C28H40F2N6O/c1-18(2)26-34-33-19(3)36(26)23-15-21-9-10-22(16-23)35(21)14-11-25(20-7-5-4-6-8-20)32-27(37)24-17-31-13-12-28(24,29)30/h4-8,18,21-25,31H,9-17H2,1-3H3,(H,32,37)/t21-,22+,23?,24?,25-/m0/s1. The van der Waals surface area contributed by atoms with Crippen LogP contribution in [-0.2, 0) is 4.79 Å². The Bertz CT molecular complexity index is 1060. The van der Waals surface area contributed by atoms with Crippen LogP contribution in [0.2, 0.25) is 0 Å². The quantitative estimate of drug-likeness (QED) is 0.547. The molecule has 7 nitrogen and oxygen atoms in total. The van der Waals surface area contributed by atoms with Gasteiger partial charge in [0.1, 0.15) is 17.6 Å². The van der Waals surface area contributed by atoms with Crippen molar-refractivity contribution in [2.45, 2.75) is 95.3 Å². The summed E-state index contributed by atoms with van der Waals surface area (Å²) in [5, 5.41) is 14.8. The number of nitrogens with zero attached hydrogens (tertiary/aromatic N) is 4. The number of fused-ring (bicyclic) bond motifs is 2. The first-order chi connectivity index (χ1) is 17.7. The molecule has 1 aromatic carbocycles. The lowest BCUT2D eigenvalue weighted by Gasteiger charge is -2.41. The van der Waals surface area contributed by atoms with E-state index in [2.05, 4.69) is 44.1 Å². The predicted octanol–water partition coefficient (Wildman–Crippen LogP) is 4.37. The summed E-state index contributed by atoms with van der Waals surface area (Å²) in [5.41, 5.74) is 0.965. The minimum atomic E-state index is -2.98. The van der Waals surface area contributed by atoms with Gasteiger partial charge in [0.05, 0.1) is 6.04 Å². The van der Waals surface area contributed by atoms with Crippen molar-refractivity contribution in [2.24, 2.45) is 5.92 Å². The molecule has 2 aromatic rings. The van der Waals surface area contributed by atoms with E-state index in [-0.39, 0.29) is 25.6 Å². The third-order valence-electron chi connectivity index (χ3n) is 8.64. The molecule has 202 valence electrons. The third kappa shape index (κ3) is 5.43. The highest BCUT2D eigenvalue weighted by Gasteiger charge is 2.46. The number of aromatic nitrogens is 3. The van der Waals surface area contributed by atoms with E-state index >= 15 is 0 Å². The predicted molar refractivity (Wildman–Crippen MR) is 139 cm³/mol. The topological polar surface area (TPSA) is 75.1 Å². The number of benzene rings is 1. The monoisotopic (exact) mass is 514 g/mol. The van der Waals surface area contributed by atoms with Crippen LogP contribution in [0, 0.1) is 12.8 Å². The minimum Gasteiger partial charge on any atom is -0.349 e. The van der Waals surface area contributed by atoms with Gasteiger partial charge >= 0.3 is 0 Å². The highest BCUT2D eigenvalue weighted by atomic mass is 19.3. The Morgan fingerprint density at radius 3 is 2.49 bits per heavy atom. The van der Waals surface area contributed by atoms with E-state index in [1.807, 2.05) is 37.3 Å². The molecule has 2 unspecified atom stereocenters. The Kier molecular flexibility index (Phi) is 7.63. The molecular formula is C28H40F2N6O. The van der Waals surface area contributed by atoms with Gasteiger partial charge in [-0.05, 0) is 44.6 Å². The van der Waals surface area contributed by atoms with Crippen LogP contribution < -0.4 is 10.6 Å². The van der Waals surface area contributed by atoms with E-state index in [1.165, 1.54) is 12.8 Å². The minimum absolute atomic E-state index is 0.0128. The summed E-state index contributed by atoms with van der Waals surface area (Å²) in [6, 6.07) is 10.8. The number of carbonyl (C=O) groups excluding carboxylic acids is 1. The number of nitrogens with one attached hydrogen (secondary N) is 2. The fourth-order valence-corrected chi connectivity index (χ4v) is 6.72. The number of halogens is 2. The second-order valence-corrected chi connectivity index (χ2v) is 11.4. The van der Waals surface area contributed by atoms with Crippen molar-refractivity contribution in [3.63, 3.8) is 0 Å². The summed E-state index contributed by atoms with van der Waals surface area (Å²) in [7, 11) is 0. The lowest BCUT2D eigenvalue weighted by atomic mass is 9.92. The van der Waals surface area contributed by atoms with Crippen molar-refractivity contribution >= 4 is 5.91 Å². The normalized spacial score (nSPS) is 28.4. The molecule has 1 amide bonds. The maximum absolute atomic E-state index is 14.5. The van der Waals surface area contributed by atoms with Crippen LogP contribution in [0.5, 0.6) is 0 Å². The molecule has 0 radical (unpaired) electrons. The molecule has 3 fully saturated rings. The number of carbonyl (C=O) groups is 1. The Labute approximate surface area is 218 Å². The number of rotatable bonds is 8. The van der Waals surface area contributed by atoms with Gasteiger partial charge in [-0.2, -0.15) is 0 Å². The van der Waals surface area contributed by atoms with Crippen molar-refractivity contribution in [2.75, 3.05) is 19.6 Å². The fourth-order valence-electron chi connectivity index (χ4n) is 6.72. The second-order valence-electron chi connectivity index (χ2n) is 11.4.